The van der Waals surface area contributed by atoms with Gasteiger partial charge in [0.2, 0.25) is 11.8 Å². The largest absolute Gasteiger partial charge is 0.363 e. The Kier molecular flexibility index (Phi) is 5.37. The van der Waals surface area contributed by atoms with Gasteiger partial charge in [-0.15, -0.1) is 0 Å². The van der Waals surface area contributed by atoms with Gasteiger partial charge in [-0.05, 0) is 36.6 Å². The molecule has 2 saturated heterocycles. The molecule has 6 heteroatoms. The lowest BCUT2D eigenvalue weighted by Crippen LogP contribution is -2.67. The zero-order valence-corrected chi connectivity index (χ0v) is 16.5. The minimum atomic E-state index is -0.463. The number of morpholine rings is 1. The second kappa shape index (κ2) is 7.95. The van der Waals surface area contributed by atoms with Crippen LogP contribution in [0.5, 0.6) is 0 Å². The summed E-state index contributed by atoms with van der Waals surface area (Å²) in [6.07, 6.45) is 0.891. The smallest absolute Gasteiger partial charge is 0.249 e. The van der Waals surface area contributed by atoms with E-state index >= 15 is 0 Å². The topological polar surface area (TPSA) is 49.9 Å². The van der Waals surface area contributed by atoms with Crippen LogP contribution in [0.1, 0.15) is 24.5 Å². The summed E-state index contributed by atoms with van der Waals surface area (Å²) < 4.78 is 19.1. The van der Waals surface area contributed by atoms with Crippen molar-refractivity contribution in [1.82, 2.24) is 9.80 Å². The van der Waals surface area contributed by atoms with E-state index in [4.69, 9.17) is 4.74 Å². The van der Waals surface area contributed by atoms with Gasteiger partial charge >= 0.3 is 0 Å². The van der Waals surface area contributed by atoms with E-state index in [0.29, 0.717) is 26.1 Å². The molecule has 2 aromatic rings. The Hall–Kier alpha value is -2.73. The van der Waals surface area contributed by atoms with Crippen LogP contribution in [0.25, 0.3) is 0 Å². The Morgan fingerprint density at radius 1 is 1.14 bits per heavy atom. The van der Waals surface area contributed by atoms with E-state index < -0.39 is 5.60 Å². The predicted molar refractivity (Wildman–Crippen MR) is 106 cm³/mol. The fraction of sp³-hybridized carbons (Fsp3) is 0.391. The minimum absolute atomic E-state index is 0.0173. The second-order valence-electron chi connectivity index (χ2n) is 8.02. The number of hydrogen-bond donors (Lipinski definition) is 0. The first kappa shape index (κ1) is 19.6. The molecular weight excluding hydrogens is 371 g/mol. The fourth-order valence-electron chi connectivity index (χ4n) is 4.19. The maximum atomic E-state index is 13.1. The molecule has 2 atom stereocenters. The van der Waals surface area contributed by atoms with Crippen molar-refractivity contribution in [3.63, 3.8) is 0 Å². The van der Waals surface area contributed by atoms with Crippen LogP contribution in [-0.2, 0) is 27.3 Å². The molecule has 2 aliphatic rings. The van der Waals surface area contributed by atoms with Crippen molar-refractivity contribution in [3.8, 4) is 0 Å². The van der Waals surface area contributed by atoms with Gasteiger partial charge in [-0.2, -0.15) is 0 Å². The van der Waals surface area contributed by atoms with Crippen molar-refractivity contribution >= 4 is 11.8 Å². The van der Waals surface area contributed by atoms with Gasteiger partial charge in [0.1, 0.15) is 12.4 Å². The Bertz CT molecular complexity index is 887. The molecule has 2 fully saturated rings. The highest BCUT2D eigenvalue weighted by molar-refractivity contribution is 5.81. The van der Waals surface area contributed by atoms with Gasteiger partial charge in [0.05, 0.1) is 18.1 Å². The fourth-order valence-corrected chi connectivity index (χ4v) is 4.19. The van der Waals surface area contributed by atoms with E-state index in [1.165, 1.54) is 12.1 Å². The van der Waals surface area contributed by atoms with Gasteiger partial charge in [0.15, 0.2) is 0 Å². The zero-order valence-electron chi connectivity index (χ0n) is 16.5. The van der Waals surface area contributed by atoms with Crippen molar-refractivity contribution in [2.45, 2.75) is 38.0 Å². The van der Waals surface area contributed by atoms with Crippen molar-refractivity contribution < 1.29 is 18.7 Å². The first-order chi connectivity index (χ1) is 13.9. The minimum Gasteiger partial charge on any atom is -0.363 e. The maximum absolute atomic E-state index is 13.1. The lowest BCUT2D eigenvalue weighted by atomic mass is 9.85. The van der Waals surface area contributed by atoms with Crippen LogP contribution in [0.2, 0.25) is 0 Å². The molecule has 2 aromatic carbocycles. The summed E-state index contributed by atoms with van der Waals surface area (Å²) in [6.45, 7) is 3.63. The quantitative estimate of drug-likeness (QED) is 0.799. The van der Waals surface area contributed by atoms with Gasteiger partial charge in [0, 0.05) is 19.6 Å². The number of piperidine rings is 1. The molecule has 2 heterocycles. The molecular formula is C23H25FN2O3. The van der Waals surface area contributed by atoms with Crippen LogP contribution >= 0.6 is 0 Å². The number of rotatable bonds is 4. The van der Waals surface area contributed by atoms with Gasteiger partial charge in [0.25, 0.3) is 0 Å². The molecule has 0 N–H and O–H groups in total. The molecule has 0 radical (unpaired) electrons. The van der Waals surface area contributed by atoms with Crippen LogP contribution in [0.15, 0.2) is 54.6 Å². The van der Waals surface area contributed by atoms with E-state index in [1.54, 1.807) is 17.0 Å². The summed E-state index contributed by atoms with van der Waals surface area (Å²) in [5, 5.41) is 0. The van der Waals surface area contributed by atoms with Crippen LogP contribution < -0.4 is 0 Å². The van der Waals surface area contributed by atoms with E-state index in [-0.39, 0.29) is 36.7 Å². The van der Waals surface area contributed by atoms with Crippen LogP contribution in [0.3, 0.4) is 0 Å². The molecule has 0 aliphatic carbocycles. The molecule has 0 saturated carbocycles. The SMILES string of the molecule is C[C@@]12CCN(C(=O)Cc3ccc(F)cc3)C[C@H]1N(Cc1ccccc1)C(=O)CO2. The highest BCUT2D eigenvalue weighted by atomic mass is 19.1. The third kappa shape index (κ3) is 4.17. The summed E-state index contributed by atoms with van der Waals surface area (Å²) in [4.78, 5) is 29.2. The van der Waals surface area contributed by atoms with Gasteiger partial charge in [-0.1, -0.05) is 42.5 Å². The number of halogens is 1. The van der Waals surface area contributed by atoms with Crippen LogP contribution in [0.4, 0.5) is 4.39 Å². The molecule has 0 unspecified atom stereocenters. The number of nitrogens with zero attached hydrogens (tertiary/aromatic N) is 2. The normalized spacial score (nSPS) is 24.3. The molecule has 0 bridgehead atoms. The Morgan fingerprint density at radius 2 is 1.86 bits per heavy atom. The Balaban J connectivity index is 1.50. The highest BCUT2D eigenvalue weighted by Crippen LogP contribution is 2.34. The van der Waals surface area contributed by atoms with Crippen LogP contribution in [-0.4, -0.2) is 53.0 Å². The molecule has 2 aliphatic heterocycles. The van der Waals surface area contributed by atoms with Gasteiger partial charge in [-0.25, -0.2) is 4.39 Å². The van der Waals surface area contributed by atoms with Crippen molar-refractivity contribution in [3.05, 3.63) is 71.5 Å². The molecule has 0 spiro atoms. The third-order valence-electron chi connectivity index (χ3n) is 6.02. The number of benzene rings is 2. The lowest BCUT2D eigenvalue weighted by molar-refractivity contribution is -0.190. The van der Waals surface area contributed by atoms with Crippen molar-refractivity contribution in [1.29, 1.82) is 0 Å². The number of hydrogen-bond acceptors (Lipinski definition) is 3. The number of likely N-dealkylation sites (tertiary alicyclic amines) is 1. The predicted octanol–water partition coefficient (Wildman–Crippen LogP) is 2.79. The summed E-state index contributed by atoms with van der Waals surface area (Å²) >= 11 is 0. The standard InChI is InChI=1S/C23H25FN2O3/c1-23-11-12-25(21(27)13-17-7-9-19(24)10-8-17)15-20(23)26(22(28)16-29-23)14-18-5-3-2-4-6-18/h2-10,20H,11-16H2,1H3/t20-,23-/m1/s1. The first-order valence-corrected chi connectivity index (χ1v) is 9.94. The second-order valence-corrected chi connectivity index (χ2v) is 8.02. The average Bonchev–Trinajstić information content (AvgIpc) is 2.73. The molecule has 29 heavy (non-hydrogen) atoms. The molecule has 0 aromatic heterocycles. The molecule has 4 rings (SSSR count). The number of amides is 2. The number of carbonyl (C=O) groups excluding carboxylic acids is 2. The lowest BCUT2D eigenvalue weighted by Gasteiger charge is -2.52. The third-order valence-corrected chi connectivity index (χ3v) is 6.02. The monoisotopic (exact) mass is 396 g/mol. The maximum Gasteiger partial charge on any atom is 0.249 e. The highest BCUT2D eigenvalue weighted by Gasteiger charge is 2.49. The number of fused-ring (bicyclic) bond motifs is 1. The van der Waals surface area contributed by atoms with E-state index in [2.05, 4.69) is 0 Å². The summed E-state index contributed by atoms with van der Waals surface area (Å²) in [5.41, 5.74) is 1.37. The summed E-state index contributed by atoms with van der Waals surface area (Å²) in [5.74, 6) is -0.384. The van der Waals surface area contributed by atoms with Gasteiger partial charge < -0.3 is 14.5 Å². The van der Waals surface area contributed by atoms with Crippen molar-refractivity contribution in [2.24, 2.45) is 0 Å². The molecule has 152 valence electrons. The number of ether oxygens (including phenoxy) is 1. The van der Waals surface area contributed by atoms with Gasteiger partial charge in [-0.3, -0.25) is 9.59 Å². The molecule has 5 nitrogen and oxygen atoms in total. The van der Waals surface area contributed by atoms with E-state index in [1.807, 2.05) is 42.2 Å². The zero-order chi connectivity index (χ0) is 20.4. The molecule has 2 amide bonds. The van der Waals surface area contributed by atoms with E-state index in [9.17, 15) is 14.0 Å². The number of carbonyl (C=O) groups is 2. The van der Waals surface area contributed by atoms with Crippen molar-refractivity contribution in [2.75, 3.05) is 19.7 Å². The Morgan fingerprint density at radius 3 is 2.59 bits per heavy atom. The van der Waals surface area contributed by atoms with Crippen LogP contribution in [0, 0.1) is 5.82 Å². The van der Waals surface area contributed by atoms with E-state index in [0.717, 1.165) is 11.1 Å². The average molecular weight is 396 g/mol. The summed E-state index contributed by atoms with van der Waals surface area (Å²) in [6, 6.07) is 15.7. The summed E-state index contributed by atoms with van der Waals surface area (Å²) in [7, 11) is 0. The first-order valence-electron chi connectivity index (χ1n) is 9.94. The Labute approximate surface area is 170 Å².